The number of amides is 1. The van der Waals surface area contributed by atoms with Crippen molar-refractivity contribution in [2.45, 2.75) is 52.1 Å². The van der Waals surface area contributed by atoms with Crippen LogP contribution in [0.3, 0.4) is 0 Å². The third kappa shape index (κ3) is 10.1. The molecule has 248 valence electrons. The fourth-order valence-corrected chi connectivity index (χ4v) is 5.63. The monoisotopic (exact) mass is 702 g/mol. The summed E-state index contributed by atoms with van der Waals surface area (Å²) in [6.45, 7) is 11.6. The van der Waals surface area contributed by atoms with Gasteiger partial charge in [-0.25, -0.2) is 14.8 Å². The average Bonchev–Trinajstić information content (AvgIpc) is 3.90. The van der Waals surface area contributed by atoms with Gasteiger partial charge in [0.25, 0.3) is 0 Å². The van der Waals surface area contributed by atoms with E-state index >= 15 is 0 Å². The molecule has 2 aromatic heterocycles. The van der Waals surface area contributed by atoms with Crippen LogP contribution < -0.4 is 15.1 Å². The van der Waals surface area contributed by atoms with Crippen LogP contribution in [-0.4, -0.2) is 90.5 Å². The van der Waals surface area contributed by atoms with E-state index in [-0.39, 0.29) is 54.3 Å². The predicted molar refractivity (Wildman–Crippen MR) is 182 cm³/mol. The minimum absolute atomic E-state index is 0. The number of ether oxygens (including phenoxy) is 1. The average molecular weight is 705 g/mol. The normalized spacial score (nSPS) is 18.1. The Morgan fingerprint density at radius 3 is 1.56 bits per heavy atom. The molecule has 0 spiro atoms. The summed E-state index contributed by atoms with van der Waals surface area (Å²) in [6, 6.07) is 3.48. The van der Waals surface area contributed by atoms with Crippen LogP contribution in [0.1, 0.15) is 67.2 Å². The van der Waals surface area contributed by atoms with E-state index in [1.165, 1.54) is 0 Å². The largest absolute Gasteiger partial charge is 0.444 e. The van der Waals surface area contributed by atoms with Crippen molar-refractivity contribution in [1.29, 1.82) is 0 Å². The molecule has 0 unspecified atom stereocenters. The predicted octanol–water partition coefficient (Wildman–Crippen LogP) is 5.97. The molecule has 6 rings (SSSR count). The summed E-state index contributed by atoms with van der Waals surface area (Å²) >= 11 is 12.6. The molecule has 10 nitrogen and oxygen atoms in total. The number of hydrogen-bond acceptors (Lipinski definition) is 9. The first kappa shape index (κ1) is 37.1. The molecule has 1 amide bonds. The Labute approximate surface area is 287 Å². The zero-order chi connectivity index (χ0) is 30.7. The van der Waals surface area contributed by atoms with Gasteiger partial charge >= 0.3 is 6.09 Å². The van der Waals surface area contributed by atoms with Crippen molar-refractivity contribution in [2.75, 3.05) is 62.2 Å². The highest BCUT2D eigenvalue weighted by Crippen LogP contribution is 2.35. The SMILES string of the molecule is CC(C)(C)OC(=O)N1CCN(c2ncc(C(=O)C3CC3)cc2Cl)CC1.Cl.Cl.O=C(c1cnc(N2CCNCC2)c(Cl)c1)C1CC1. The summed E-state index contributed by atoms with van der Waals surface area (Å²) in [6.07, 6.45) is 6.93. The Bertz CT molecular complexity index is 1350. The summed E-state index contributed by atoms with van der Waals surface area (Å²) in [4.78, 5) is 50.8. The zero-order valence-corrected chi connectivity index (χ0v) is 29.0. The third-order valence-electron chi connectivity index (χ3n) is 7.76. The third-order valence-corrected chi connectivity index (χ3v) is 8.31. The molecule has 2 saturated carbocycles. The van der Waals surface area contributed by atoms with Crippen LogP contribution in [0.5, 0.6) is 0 Å². The smallest absolute Gasteiger partial charge is 0.410 e. The number of nitrogens with zero attached hydrogens (tertiary/aromatic N) is 5. The number of aromatic nitrogens is 2. The number of hydrogen-bond donors (Lipinski definition) is 1. The Balaban J connectivity index is 0.000000246. The van der Waals surface area contributed by atoms with Crippen LogP contribution in [0.2, 0.25) is 10.0 Å². The van der Waals surface area contributed by atoms with E-state index in [0.717, 1.165) is 57.7 Å². The van der Waals surface area contributed by atoms with Crippen LogP contribution in [-0.2, 0) is 4.74 Å². The standard InChI is InChI=1S/C18H24ClN3O3.C13H16ClN3O.2ClH/c1-18(2,3)25-17(24)22-8-6-21(7-9-22)16-14(19)10-13(11-20-16)15(23)12-4-5-12;14-11-7-10(12(18)9-1-2-9)8-16-13(11)17-5-3-15-4-6-17;;/h10-12H,4-9H2,1-3H3;7-9,15H,1-6H2;2*1H. The lowest BCUT2D eigenvalue weighted by molar-refractivity contribution is 0.0240. The van der Waals surface area contributed by atoms with Gasteiger partial charge in [-0.1, -0.05) is 23.2 Å². The lowest BCUT2D eigenvalue weighted by atomic mass is 10.1. The number of carbonyl (C=O) groups is 3. The summed E-state index contributed by atoms with van der Waals surface area (Å²) in [7, 11) is 0. The maximum Gasteiger partial charge on any atom is 0.410 e. The van der Waals surface area contributed by atoms with Crippen molar-refractivity contribution in [1.82, 2.24) is 20.2 Å². The Morgan fingerprint density at radius 2 is 1.18 bits per heavy atom. The molecule has 0 bridgehead atoms. The van der Waals surface area contributed by atoms with Gasteiger partial charge in [0, 0.05) is 87.7 Å². The van der Waals surface area contributed by atoms with Crippen molar-refractivity contribution in [3.8, 4) is 0 Å². The molecule has 2 saturated heterocycles. The van der Waals surface area contributed by atoms with E-state index in [1.807, 2.05) is 25.7 Å². The van der Waals surface area contributed by atoms with Crippen LogP contribution in [0.4, 0.5) is 16.4 Å². The quantitative estimate of drug-likeness (QED) is 0.365. The van der Waals surface area contributed by atoms with Crippen LogP contribution in [0, 0.1) is 11.8 Å². The van der Waals surface area contributed by atoms with Crippen molar-refractivity contribution in [3.63, 3.8) is 0 Å². The van der Waals surface area contributed by atoms with Crippen molar-refractivity contribution in [3.05, 3.63) is 45.7 Å². The second-order valence-corrected chi connectivity index (χ2v) is 13.3. The highest BCUT2D eigenvalue weighted by molar-refractivity contribution is 6.33. The molecule has 4 heterocycles. The zero-order valence-electron chi connectivity index (χ0n) is 25.9. The molecule has 0 radical (unpaired) electrons. The van der Waals surface area contributed by atoms with E-state index in [2.05, 4.69) is 20.2 Å². The first-order valence-corrected chi connectivity index (χ1v) is 15.8. The minimum atomic E-state index is -0.497. The van der Waals surface area contributed by atoms with Gasteiger partial charge in [0.1, 0.15) is 17.2 Å². The van der Waals surface area contributed by atoms with Gasteiger partial charge in [0.2, 0.25) is 0 Å². The second kappa shape index (κ2) is 16.0. The van der Waals surface area contributed by atoms with E-state index in [1.54, 1.807) is 29.4 Å². The minimum Gasteiger partial charge on any atom is -0.444 e. The molecule has 2 aliphatic heterocycles. The summed E-state index contributed by atoms with van der Waals surface area (Å²) in [5.74, 6) is 2.16. The first-order chi connectivity index (χ1) is 20.5. The van der Waals surface area contributed by atoms with Gasteiger partial charge in [-0.3, -0.25) is 9.59 Å². The fraction of sp³-hybridized carbons (Fsp3) is 0.581. The number of carbonyl (C=O) groups excluding carboxylic acids is 3. The molecule has 2 aliphatic carbocycles. The fourth-order valence-electron chi connectivity index (χ4n) is 5.06. The van der Waals surface area contributed by atoms with E-state index < -0.39 is 5.60 Å². The van der Waals surface area contributed by atoms with Gasteiger partial charge in [-0.15, -0.1) is 24.8 Å². The number of anilines is 2. The first-order valence-electron chi connectivity index (χ1n) is 15.1. The highest BCUT2D eigenvalue weighted by atomic mass is 35.5. The lowest BCUT2D eigenvalue weighted by Gasteiger charge is -2.36. The molecule has 1 N–H and O–H groups in total. The molecule has 45 heavy (non-hydrogen) atoms. The summed E-state index contributed by atoms with van der Waals surface area (Å²) < 4.78 is 5.40. The van der Waals surface area contributed by atoms with Gasteiger partial charge < -0.3 is 24.8 Å². The topological polar surface area (TPSA) is 108 Å². The number of pyridine rings is 2. The molecule has 0 aromatic carbocycles. The van der Waals surface area contributed by atoms with Crippen molar-refractivity contribution in [2.24, 2.45) is 11.8 Å². The van der Waals surface area contributed by atoms with Gasteiger partial charge in [-0.2, -0.15) is 0 Å². The second-order valence-electron chi connectivity index (χ2n) is 12.5. The van der Waals surface area contributed by atoms with Crippen molar-refractivity contribution >= 4 is 77.3 Å². The number of Topliss-reactive ketones (excluding diaryl/α,β-unsaturated/α-hetero) is 2. The Hall–Kier alpha value is -2.37. The van der Waals surface area contributed by atoms with Crippen LogP contribution in [0.25, 0.3) is 0 Å². The molecule has 4 aliphatic rings. The number of piperazine rings is 2. The lowest BCUT2D eigenvalue weighted by Crippen LogP contribution is -2.50. The molecule has 0 atom stereocenters. The number of rotatable bonds is 6. The molecular formula is C31H42Cl4N6O4. The van der Waals surface area contributed by atoms with Gasteiger partial charge in [0.05, 0.1) is 10.0 Å². The Kier molecular flexibility index (Phi) is 13.2. The summed E-state index contributed by atoms with van der Waals surface area (Å²) in [5, 5.41) is 4.36. The Morgan fingerprint density at radius 1 is 0.756 bits per heavy atom. The van der Waals surface area contributed by atoms with Crippen LogP contribution in [0.15, 0.2) is 24.5 Å². The van der Waals surface area contributed by atoms with Crippen molar-refractivity contribution < 1.29 is 19.1 Å². The van der Waals surface area contributed by atoms with E-state index in [4.69, 9.17) is 27.9 Å². The van der Waals surface area contributed by atoms with E-state index in [9.17, 15) is 14.4 Å². The van der Waals surface area contributed by atoms with E-state index in [0.29, 0.717) is 53.2 Å². The van der Waals surface area contributed by atoms with Gasteiger partial charge in [0.15, 0.2) is 11.6 Å². The maximum absolute atomic E-state index is 12.1. The molecule has 2 aromatic rings. The highest BCUT2D eigenvalue weighted by Gasteiger charge is 2.32. The summed E-state index contributed by atoms with van der Waals surface area (Å²) in [5.41, 5.74) is 0.744. The number of nitrogens with one attached hydrogen (secondary N) is 1. The number of ketones is 2. The maximum atomic E-state index is 12.1. The molecule has 14 heteroatoms. The van der Waals surface area contributed by atoms with Crippen LogP contribution >= 0.6 is 48.0 Å². The number of halogens is 4. The molecule has 4 fully saturated rings. The molecular weight excluding hydrogens is 662 g/mol. The van der Waals surface area contributed by atoms with Gasteiger partial charge in [-0.05, 0) is 58.6 Å².